The van der Waals surface area contributed by atoms with Gasteiger partial charge in [0.25, 0.3) is 0 Å². The second-order valence-corrected chi connectivity index (χ2v) is 5.31. The lowest BCUT2D eigenvalue weighted by molar-refractivity contribution is -0.119. The Kier molecular flexibility index (Phi) is 3.01. The van der Waals surface area contributed by atoms with Gasteiger partial charge in [-0.2, -0.15) is 0 Å². The van der Waals surface area contributed by atoms with E-state index in [1.54, 1.807) is 6.20 Å². The molecule has 2 aromatic rings. The molecular weight excluding hydrogens is 250 g/mol. The number of aromatic nitrogens is 3. The third kappa shape index (κ3) is 1.97. The molecule has 1 aliphatic rings. The van der Waals surface area contributed by atoms with Crippen LogP contribution in [0.25, 0.3) is 5.57 Å². The average molecular weight is 267 g/mol. The molecule has 0 spiro atoms. The van der Waals surface area contributed by atoms with Gasteiger partial charge in [0.15, 0.2) is 0 Å². The normalized spacial score (nSPS) is 18.2. The Morgan fingerprint density at radius 2 is 2.30 bits per heavy atom. The second-order valence-electron chi connectivity index (χ2n) is 5.31. The van der Waals surface area contributed by atoms with Crippen LogP contribution in [0.1, 0.15) is 42.0 Å². The zero-order chi connectivity index (χ0) is 14.3. The SMILES string of the molecule is C=C1CC(=O)C(C)c2nc(C)n(Cc3cccnc3)c21. The van der Waals surface area contributed by atoms with Gasteiger partial charge in [-0.3, -0.25) is 9.78 Å². The molecule has 0 aliphatic heterocycles. The van der Waals surface area contributed by atoms with Crippen LogP contribution in [-0.4, -0.2) is 20.3 Å². The van der Waals surface area contributed by atoms with Crippen LogP contribution in [0, 0.1) is 6.92 Å². The third-order valence-electron chi connectivity index (χ3n) is 3.86. The molecule has 4 nitrogen and oxygen atoms in total. The van der Waals surface area contributed by atoms with Crippen molar-refractivity contribution in [3.63, 3.8) is 0 Å². The Morgan fingerprint density at radius 3 is 3.00 bits per heavy atom. The topological polar surface area (TPSA) is 47.8 Å². The first-order chi connectivity index (χ1) is 9.58. The van der Waals surface area contributed by atoms with E-state index in [9.17, 15) is 4.79 Å². The average Bonchev–Trinajstić information content (AvgIpc) is 2.75. The lowest BCUT2D eigenvalue weighted by atomic mass is 9.87. The number of carbonyl (C=O) groups is 1. The molecule has 2 aromatic heterocycles. The summed E-state index contributed by atoms with van der Waals surface area (Å²) in [6.45, 7) is 8.67. The van der Waals surface area contributed by atoms with E-state index in [1.807, 2.05) is 32.2 Å². The van der Waals surface area contributed by atoms with Crippen molar-refractivity contribution in [2.24, 2.45) is 0 Å². The molecular formula is C16H17N3O. The van der Waals surface area contributed by atoms with E-state index in [1.165, 1.54) is 0 Å². The summed E-state index contributed by atoms with van der Waals surface area (Å²) in [6, 6.07) is 3.97. The van der Waals surface area contributed by atoms with E-state index >= 15 is 0 Å². The minimum atomic E-state index is -0.135. The van der Waals surface area contributed by atoms with Crippen molar-refractivity contribution in [1.29, 1.82) is 0 Å². The Bertz CT molecular complexity index is 685. The van der Waals surface area contributed by atoms with E-state index in [-0.39, 0.29) is 11.7 Å². The monoisotopic (exact) mass is 267 g/mol. The number of hydrogen-bond donors (Lipinski definition) is 0. The predicted octanol–water partition coefficient (Wildman–Crippen LogP) is 2.72. The molecule has 0 N–H and O–H groups in total. The van der Waals surface area contributed by atoms with Gasteiger partial charge in [-0.25, -0.2) is 4.98 Å². The maximum atomic E-state index is 11.9. The number of rotatable bonds is 2. The van der Waals surface area contributed by atoms with E-state index in [4.69, 9.17) is 0 Å². The lowest BCUT2D eigenvalue weighted by Crippen LogP contribution is -2.19. The summed E-state index contributed by atoms with van der Waals surface area (Å²) in [6.07, 6.45) is 4.04. The standard InChI is InChI=1S/C16H17N3O/c1-10-7-14(20)11(2)15-16(10)19(12(3)18-15)9-13-5-4-6-17-8-13/h4-6,8,11H,1,7,9H2,2-3H3. The number of allylic oxidation sites excluding steroid dienone is 1. The van der Waals surface area contributed by atoms with Crippen LogP contribution in [0.4, 0.5) is 0 Å². The van der Waals surface area contributed by atoms with E-state index < -0.39 is 0 Å². The molecule has 0 radical (unpaired) electrons. The first kappa shape index (κ1) is 12.8. The molecule has 1 atom stereocenters. The number of pyridine rings is 1. The molecule has 102 valence electrons. The largest absolute Gasteiger partial charge is 0.324 e. The molecule has 4 heteroatoms. The van der Waals surface area contributed by atoms with Crippen molar-refractivity contribution >= 4 is 11.4 Å². The van der Waals surface area contributed by atoms with Gasteiger partial charge < -0.3 is 4.57 Å². The molecule has 1 aliphatic carbocycles. The van der Waals surface area contributed by atoms with Crippen molar-refractivity contribution in [2.45, 2.75) is 32.7 Å². The summed E-state index contributed by atoms with van der Waals surface area (Å²) in [5.41, 5.74) is 3.88. The van der Waals surface area contributed by atoms with E-state index in [2.05, 4.69) is 21.1 Å². The minimum Gasteiger partial charge on any atom is -0.324 e. The fourth-order valence-electron chi connectivity index (χ4n) is 2.73. The second kappa shape index (κ2) is 4.71. The molecule has 2 heterocycles. The predicted molar refractivity (Wildman–Crippen MR) is 77.4 cm³/mol. The maximum Gasteiger partial charge on any atom is 0.146 e. The van der Waals surface area contributed by atoms with Crippen molar-refractivity contribution in [2.75, 3.05) is 0 Å². The zero-order valence-corrected chi connectivity index (χ0v) is 11.8. The van der Waals surface area contributed by atoms with Gasteiger partial charge in [-0.15, -0.1) is 0 Å². The molecule has 1 unspecified atom stereocenters. The number of imidazole rings is 1. The summed E-state index contributed by atoms with van der Waals surface area (Å²) in [5.74, 6) is 0.986. The highest BCUT2D eigenvalue weighted by atomic mass is 16.1. The van der Waals surface area contributed by atoms with Gasteiger partial charge in [0, 0.05) is 18.8 Å². The summed E-state index contributed by atoms with van der Waals surface area (Å²) >= 11 is 0. The third-order valence-corrected chi connectivity index (χ3v) is 3.86. The van der Waals surface area contributed by atoms with Crippen LogP contribution in [0.15, 0.2) is 31.1 Å². The van der Waals surface area contributed by atoms with Crippen molar-refractivity contribution < 1.29 is 4.79 Å². The van der Waals surface area contributed by atoms with Crippen LogP contribution in [0.3, 0.4) is 0 Å². The van der Waals surface area contributed by atoms with Gasteiger partial charge in [0.05, 0.1) is 23.9 Å². The Balaban J connectivity index is 2.07. The van der Waals surface area contributed by atoms with Gasteiger partial charge in [-0.05, 0) is 31.1 Å². The Labute approximate surface area is 118 Å². The van der Waals surface area contributed by atoms with Crippen molar-refractivity contribution in [1.82, 2.24) is 14.5 Å². The summed E-state index contributed by atoms with van der Waals surface area (Å²) in [4.78, 5) is 20.7. The molecule has 20 heavy (non-hydrogen) atoms. The van der Waals surface area contributed by atoms with E-state index in [0.29, 0.717) is 13.0 Å². The summed E-state index contributed by atoms with van der Waals surface area (Å²) in [5, 5.41) is 0. The smallest absolute Gasteiger partial charge is 0.146 e. The fourth-order valence-corrected chi connectivity index (χ4v) is 2.73. The molecule has 0 fully saturated rings. The van der Waals surface area contributed by atoms with Crippen molar-refractivity contribution in [3.05, 3.63) is 53.9 Å². The number of fused-ring (bicyclic) bond motifs is 1. The molecule has 0 aromatic carbocycles. The maximum absolute atomic E-state index is 11.9. The molecule has 0 saturated carbocycles. The van der Waals surface area contributed by atoms with Crippen LogP contribution >= 0.6 is 0 Å². The number of aryl methyl sites for hydroxylation is 1. The van der Waals surface area contributed by atoms with Gasteiger partial charge >= 0.3 is 0 Å². The number of nitrogens with zero attached hydrogens (tertiary/aromatic N) is 3. The van der Waals surface area contributed by atoms with E-state index in [0.717, 1.165) is 28.3 Å². The quantitative estimate of drug-likeness (QED) is 0.840. The van der Waals surface area contributed by atoms with Crippen LogP contribution in [-0.2, 0) is 11.3 Å². The van der Waals surface area contributed by atoms with Gasteiger partial charge in [-0.1, -0.05) is 12.6 Å². The number of hydrogen-bond acceptors (Lipinski definition) is 3. The van der Waals surface area contributed by atoms with Crippen molar-refractivity contribution in [3.8, 4) is 0 Å². The zero-order valence-electron chi connectivity index (χ0n) is 11.8. The Hall–Kier alpha value is -2.23. The first-order valence-electron chi connectivity index (χ1n) is 6.74. The number of carbonyl (C=O) groups excluding carboxylic acids is 1. The fraction of sp³-hybridized carbons (Fsp3) is 0.312. The number of Topliss-reactive ketones (excluding diaryl/α,β-unsaturated/α-hetero) is 1. The minimum absolute atomic E-state index is 0.135. The molecule has 3 rings (SSSR count). The summed E-state index contributed by atoms with van der Waals surface area (Å²) < 4.78 is 2.14. The lowest BCUT2D eigenvalue weighted by Gasteiger charge is -2.20. The highest BCUT2D eigenvalue weighted by Crippen LogP contribution is 2.35. The van der Waals surface area contributed by atoms with Crippen LogP contribution < -0.4 is 0 Å². The first-order valence-corrected chi connectivity index (χ1v) is 6.74. The summed E-state index contributed by atoms with van der Waals surface area (Å²) in [7, 11) is 0. The molecule has 0 amide bonds. The van der Waals surface area contributed by atoms with Crippen LogP contribution in [0.5, 0.6) is 0 Å². The highest BCUT2D eigenvalue weighted by Gasteiger charge is 2.31. The highest BCUT2D eigenvalue weighted by molar-refractivity contribution is 5.97. The number of ketones is 1. The molecule has 0 bridgehead atoms. The molecule has 0 saturated heterocycles. The van der Waals surface area contributed by atoms with Crippen LogP contribution in [0.2, 0.25) is 0 Å². The van der Waals surface area contributed by atoms with Gasteiger partial charge in [0.2, 0.25) is 0 Å². The van der Waals surface area contributed by atoms with Gasteiger partial charge in [0.1, 0.15) is 11.6 Å². The Morgan fingerprint density at radius 1 is 1.50 bits per heavy atom.